The van der Waals surface area contributed by atoms with E-state index in [4.69, 9.17) is 4.74 Å². The topological polar surface area (TPSA) is 50.7 Å². The van der Waals surface area contributed by atoms with Gasteiger partial charge < -0.3 is 10.1 Å². The Kier molecular flexibility index (Phi) is 7.16. The molecule has 27 heavy (non-hydrogen) atoms. The van der Waals surface area contributed by atoms with Crippen LogP contribution in [0.15, 0.2) is 65.8 Å². The van der Waals surface area contributed by atoms with Gasteiger partial charge in [-0.1, -0.05) is 30.3 Å². The zero-order valence-corrected chi connectivity index (χ0v) is 14.7. The first-order valence-corrected chi connectivity index (χ1v) is 8.21. The SMILES string of the molecule is CC=N/C=C\Cc1ccc(OCC(=O)Nc2ccccc2C(F)(F)F)cc1. The number of carbonyl (C=O) groups is 1. The lowest BCUT2D eigenvalue weighted by Crippen LogP contribution is -2.22. The van der Waals surface area contributed by atoms with Crippen molar-refractivity contribution < 1.29 is 22.7 Å². The lowest BCUT2D eigenvalue weighted by molar-refractivity contribution is -0.137. The van der Waals surface area contributed by atoms with Gasteiger partial charge in [-0.15, -0.1) is 0 Å². The van der Waals surface area contributed by atoms with Gasteiger partial charge in [-0.05, 0) is 43.2 Å². The van der Waals surface area contributed by atoms with Gasteiger partial charge in [0.05, 0.1) is 11.3 Å². The summed E-state index contributed by atoms with van der Waals surface area (Å²) in [5, 5.41) is 2.23. The molecule has 0 aliphatic rings. The van der Waals surface area contributed by atoms with Crippen LogP contribution in [-0.4, -0.2) is 18.7 Å². The summed E-state index contributed by atoms with van der Waals surface area (Å²) >= 11 is 0. The average Bonchev–Trinajstić information content (AvgIpc) is 2.64. The Balaban J connectivity index is 1.89. The van der Waals surface area contributed by atoms with Gasteiger partial charge in [0.15, 0.2) is 6.61 Å². The number of benzene rings is 2. The molecule has 142 valence electrons. The third kappa shape index (κ3) is 6.62. The van der Waals surface area contributed by atoms with Crippen molar-refractivity contribution in [2.75, 3.05) is 11.9 Å². The zero-order chi connectivity index (χ0) is 19.7. The zero-order valence-electron chi connectivity index (χ0n) is 14.7. The van der Waals surface area contributed by atoms with E-state index in [0.717, 1.165) is 11.6 Å². The maximum atomic E-state index is 12.9. The molecule has 0 fully saturated rings. The number of ether oxygens (including phenoxy) is 1. The summed E-state index contributed by atoms with van der Waals surface area (Å²) < 4.78 is 44.1. The van der Waals surface area contributed by atoms with Crippen LogP contribution in [0, 0.1) is 0 Å². The summed E-state index contributed by atoms with van der Waals surface area (Å²) in [6.07, 6.45) is 1.45. The molecule has 0 radical (unpaired) electrons. The fraction of sp³-hybridized carbons (Fsp3) is 0.200. The highest BCUT2D eigenvalue weighted by Gasteiger charge is 2.33. The Morgan fingerprint density at radius 2 is 1.85 bits per heavy atom. The van der Waals surface area contributed by atoms with Crippen LogP contribution in [0.3, 0.4) is 0 Å². The van der Waals surface area contributed by atoms with Gasteiger partial charge in [-0.3, -0.25) is 9.79 Å². The number of amides is 1. The van der Waals surface area contributed by atoms with E-state index in [1.165, 1.54) is 18.2 Å². The summed E-state index contributed by atoms with van der Waals surface area (Å²) in [7, 11) is 0. The van der Waals surface area contributed by atoms with E-state index in [2.05, 4.69) is 10.3 Å². The summed E-state index contributed by atoms with van der Waals surface area (Å²) in [5.74, 6) is -0.218. The summed E-state index contributed by atoms with van der Waals surface area (Å²) in [4.78, 5) is 15.9. The molecule has 0 bridgehead atoms. The second-order valence-electron chi connectivity index (χ2n) is 5.52. The van der Waals surface area contributed by atoms with Crippen molar-refractivity contribution in [3.05, 3.63) is 71.9 Å². The van der Waals surface area contributed by atoms with Crippen LogP contribution in [0.5, 0.6) is 5.75 Å². The fourth-order valence-electron chi connectivity index (χ4n) is 2.23. The third-order valence-electron chi connectivity index (χ3n) is 3.49. The average molecular weight is 376 g/mol. The Morgan fingerprint density at radius 1 is 1.15 bits per heavy atom. The first-order valence-electron chi connectivity index (χ1n) is 8.21. The maximum absolute atomic E-state index is 12.9. The highest BCUT2D eigenvalue weighted by atomic mass is 19.4. The maximum Gasteiger partial charge on any atom is 0.418 e. The smallest absolute Gasteiger partial charge is 0.418 e. The molecule has 0 spiro atoms. The predicted octanol–water partition coefficient (Wildman–Crippen LogP) is 4.87. The Hall–Kier alpha value is -3.09. The summed E-state index contributed by atoms with van der Waals surface area (Å²) in [6, 6.07) is 11.9. The molecule has 0 unspecified atom stereocenters. The Bertz CT molecular complexity index is 813. The molecule has 2 rings (SSSR count). The van der Waals surface area contributed by atoms with Crippen LogP contribution in [0.1, 0.15) is 18.1 Å². The predicted molar refractivity (Wildman–Crippen MR) is 99.0 cm³/mol. The largest absolute Gasteiger partial charge is 0.484 e. The van der Waals surface area contributed by atoms with E-state index in [-0.39, 0.29) is 5.69 Å². The normalized spacial score (nSPS) is 11.9. The van der Waals surface area contributed by atoms with Crippen LogP contribution in [0.25, 0.3) is 0 Å². The minimum atomic E-state index is -4.54. The molecule has 2 aromatic carbocycles. The summed E-state index contributed by atoms with van der Waals surface area (Å²) in [5.41, 5.74) is -0.160. The van der Waals surface area contributed by atoms with Gasteiger partial charge in [-0.2, -0.15) is 13.2 Å². The number of nitrogens with one attached hydrogen (secondary N) is 1. The molecule has 0 atom stereocenters. The van der Waals surface area contributed by atoms with Gasteiger partial charge in [0, 0.05) is 12.4 Å². The minimum Gasteiger partial charge on any atom is -0.484 e. The quantitative estimate of drug-likeness (QED) is 0.701. The number of rotatable bonds is 7. The Morgan fingerprint density at radius 3 is 2.52 bits per heavy atom. The van der Waals surface area contributed by atoms with E-state index >= 15 is 0 Å². The number of para-hydroxylation sites is 1. The number of anilines is 1. The molecule has 0 aromatic heterocycles. The number of allylic oxidation sites excluding steroid dienone is 1. The van der Waals surface area contributed by atoms with Gasteiger partial charge in [-0.25, -0.2) is 0 Å². The minimum absolute atomic E-state index is 0.296. The second kappa shape index (κ2) is 9.56. The molecular weight excluding hydrogens is 357 g/mol. The summed E-state index contributed by atoms with van der Waals surface area (Å²) in [6.45, 7) is 1.44. The molecular formula is C20H19F3N2O2. The molecule has 1 amide bonds. The molecule has 7 heteroatoms. The molecule has 0 saturated carbocycles. The number of hydrogen-bond acceptors (Lipinski definition) is 3. The highest BCUT2D eigenvalue weighted by molar-refractivity contribution is 5.92. The van der Waals surface area contributed by atoms with Gasteiger partial charge in [0.25, 0.3) is 5.91 Å². The first kappa shape index (κ1) is 20.2. The number of nitrogens with zero attached hydrogens (tertiary/aromatic N) is 1. The van der Waals surface area contributed by atoms with Crippen molar-refractivity contribution in [3.63, 3.8) is 0 Å². The highest BCUT2D eigenvalue weighted by Crippen LogP contribution is 2.34. The van der Waals surface area contributed by atoms with Crippen LogP contribution in [-0.2, 0) is 17.4 Å². The Labute approximate surface area is 155 Å². The van der Waals surface area contributed by atoms with Gasteiger partial charge >= 0.3 is 6.18 Å². The van der Waals surface area contributed by atoms with E-state index in [1.54, 1.807) is 24.5 Å². The van der Waals surface area contributed by atoms with Crippen molar-refractivity contribution in [1.82, 2.24) is 0 Å². The number of halogens is 3. The second-order valence-corrected chi connectivity index (χ2v) is 5.52. The van der Waals surface area contributed by atoms with Crippen LogP contribution >= 0.6 is 0 Å². The van der Waals surface area contributed by atoms with E-state index in [9.17, 15) is 18.0 Å². The molecule has 4 nitrogen and oxygen atoms in total. The lowest BCUT2D eigenvalue weighted by Gasteiger charge is -2.13. The molecule has 2 aromatic rings. The van der Waals surface area contributed by atoms with Crippen molar-refractivity contribution in [1.29, 1.82) is 0 Å². The van der Waals surface area contributed by atoms with Crippen molar-refractivity contribution in [2.45, 2.75) is 19.5 Å². The molecule has 1 N–H and O–H groups in total. The number of alkyl halides is 3. The third-order valence-corrected chi connectivity index (χ3v) is 3.49. The van der Waals surface area contributed by atoms with E-state index in [1.807, 2.05) is 25.1 Å². The van der Waals surface area contributed by atoms with Crippen LogP contribution in [0.4, 0.5) is 18.9 Å². The monoisotopic (exact) mass is 376 g/mol. The molecule has 0 aliphatic carbocycles. The standard InChI is InChI=1S/C20H19F3N2O2/c1-2-24-13-5-6-15-9-11-16(12-10-15)27-14-19(26)25-18-8-4-3-7-17(18)20(21,22)23/h2-5,7-13H,6,14H2,1H3,(H,25,26)/b13-5-,24-2?. The number of carbonyl (C=O) groups excluding carboxylic acids is 1. The number of hydrogen-bond donors (Lipinski definition) is 1. The van der Waals surface area contributed by atoms with Gasteiger partial charge in [0.1, 0.15) is 5.75 Å². The molecule has 0 saturated heterocycles. The number of aliphatic imine (C=N–C) groups is 1. The van der Waals surface area contributed by atoms with E-state index in [0.29, 0.717) is 12.2 Å². The van der Waals surface area contributed by atoms with E-state index < -0.39 is 24.3 Å². The van der Waals surface area contributed by atoms with Crippen molar-refractivity contribution in [3.8, 4) is 5.75 Å². The molecule has 0 heterocycles. The fourth-order valence-corrected chi connectivity index (χ4v) is 2.23. The van der Waals surface area contributed by atoms with Crippen molar-refractivity contribution in [2.24, 2.45) is 4.99 Å². The lowest BCUT2D eigenvalue weighted by atomic mass is 10.1. The van der Waals surface area contributed by atoms with Crippen molar-refractivity contribution >= 4 is 17.8 Å². The van der Waals surface area contributed by atoms with Gasteiger partial charge in [0.2, 0.25) is 0 Å². The molecule has 0 aliphatic heterocycles. The first-order chi connectivity index (χ1) is 12.9. The van der Waals surface area contributed by atoms with Crippen LogP contribution in [0.2, 0.25) is 0 Å². The van der Waals surface area contributed by atoms with Crippen LogP contribution < -0.4 is 10.1 Å².